The van der Waals surface area contributed by atoms with E-state index >= 15 is 0 Å². The van der Waals surface area contributed by atoms with E-state index in [4.69, 9.17) is 17.0 Å². The van der Waals surface area contributed by atoms with E-state index in [1.807, 2.05) is 24.3 Å². The lowest BCUT2D eigenvalue weighted by atomic mass is 10.1. The van der Waals surface area contributed by atoms with Gasteiger partial charge in [0.1, 0.15) is 11.3 Å². The molecule has 0 aliphatic heterocycles. The molecule has 0 unspecified atom stereocenters. The van der Waals surface area contributed by atoms with Crippen molar-refractivity contribution in [1.29, 1.82) is 0 Å². The summed E-state index contributed by atoms with van der Waals surface area (Å²) in [4.78, 5) is 4.37. The maximum absolute atomic E-state index is 5.33. The lowest BCUT2D eigenvalue weighted by molar-refractivity contribution is 0.419. The number of benzene rings is 1. The van der Waals surface area contributed by atoms with Gasteiger partial charge >= 0.3 is 0 Å². The van der Waals surface area contributed by atoms with Crippen molar-refractivity contribution in [2.75, 3.05) is 12.4 Å². The van der Waals surface area contributed by atoms with E-state index in [1.165, 1.54) is 0 Å². The van der Waals surface area contributed by atoms with Gasteiger partial charge in [-0.05, 0) is 49.8 Å². The van der Waals surface area contributed by atoms with Gasteiger partial charge in [-0.1, -0.05) is 6.92 Å². The van der Waals surface area contributed by atoms with Crippen LogP contribution < -0.4 is 15.4 Å². The molecule has 0 saturated heterocycles. The number of nitrogens with one attached hydrogen (secondary N) is 2. The van der Waals surface area contributed by atoms with E-state index in [2.05, 4.69) is 29.5 Å². The predicted octanol–water partition coefficient (Wildman–Crippen LogP) is 3.33. The third-order valence-electron chi connectivity index (χ3n) is 3.19. The van der Waals surface area contributed by atoms with Crippen LogP contribution in [0.3, 0.4) is 0 Å². The average molecular weight is 289 g/mol. The van der Waals surface area contributed by atoms with Crippen LogP contribution in [0.15, 0.2) is 30.5 Å². The zero-order valence-corrected chi connectivity index (χ0v) is 12.8. The van der Waals surface area contributed by atoms with E-state index in [-0.39, 0.29) is 0 Å². The van der Waals surface area contributed by atoms with Gasteiger partial charge in [-0.2, -0.15) is 0 Å². The van der Waals surface area contributed by atoms with Crippen LogP contribution in [0.5, 0.6) is 5.75 Å². The number of thiocarbonyl (C=S) groups is 1. The third-order valence-corrected chi connectivity index (χ3v) is 3.41. The van der Waals surface area contributed by atoms with Crippen molar-refractivity contribution in [3.63, 3.8) is 0 Å². The highest BCUT2D eigenvalue weighted by atomic mass is 32.1. The van der Waals surface area contributed by atoms with Crippen molar-refractivity contribution in [2.45, 2.75) is 26.3 Å². The summed E-state index contributed by atoms with van der Waals surface area (Å²) in [5.74, 6) is 0.756. The molecule has 1 atom stereocenters. The van der Waals surface area contributed by atoms with Crippen LogP contribution in [0, 0.1) is 0 Å². The Balaban J connectivity index is 2.29. The number of rotatable bonds is 4. The van der Waals surface area contributed by atoms with Crippen molar-refractivity contribution in [2.24, 2.45) is 0 Å². The summed E-state index contributed by atoms with van der Waals surface area (Å²) >= 11 is 5.33. The molecule has 1 aromatic carbocycles. The van der Waals surface area contributed by atoms with Gasteiger partial charge in [0.2, 0.25) is 0 Å². The smallest absolute Gasteiger partial charge is 0.171 e. The van der Waals surface area contributed by atoms with E-state index < -0.39 is 0 Å². The first-order valence-corrected chi connectivity index (χ1v) is 7.05. The Morgan fingerprint density at radius 3 is 2.90 bits per heavy atom. The monoisotopic (exact) mass is 289 g/mol. The topological polar surface area (TPSA) is 46.2 Å². The van der Waals surface area contributed by atoms with Crippen LogP contribution in [0.4, 0.5) is 5.69 Å². The summed E-state index contributed by atoms with van der Waals surface area (Å²) in [6.07, 6.45) is 2.77. The summed E-state index contributed by atoms with van der Waals surface area (Å²) in [6, 6.07) is 8.09. The molecule has 0 aliphatic carbocycles. The Kier molecular flexibility index (Phi) is 4.74. The summed E-state index contributed by atoms with van der Waals surface area (Å²) in [7, 11) is 1.64. The molecule has 2 aromatic rings. The molecule has 0 bridgehead atoms. The summed E-state index contributed by atoms with van der Waals surface area (Å²) in [6.45, 7) is 4.22. The Labute approximate surface area is 124 Å². The summed E-state index contributed by atoms with van der Waals surface area (Å²) in [5, 5.41) is 8.07. The lowest BCUT2D eigenvalue weighted by Crippen LogP contribution is -2.35. The van der Waals surface area contributed by atoms with Gasteiger partial charge in [0.25, 0.3) is 0 Å². The van der Waals surface area contributed by atoms with Gasteiger partial charge in [0, 0.05) is 23.3 Å². The fourth-order valence-electron chi connectivity index (χ4n) is 1.90. The highest BCUT2D eigenvalue weighted by Crippen LogP contribution is 2.29. The van der Waals surface area contributed by atoms with Gasteiger partial charge in [-0.3, -0.25) is 4.98 Å². The SMILES string of the molecule is CC[C@H](C)NC(=S)Nc1ccc(OC)c2ncccc12. The Morgan fingerprint density at radius 2 is 2.20 bits per heavy atom. The largest absolute Gasteiger partial charge is 0.494 e. The van der Waals surface area contributed by atoms with E-state index in [9.17, 15) is 0 Å². The Morgan fingerprint density at radius 1 is 1.40 bits per heavy atom. The van der Waals surface area contributed by atoms with Gasteiger partial charge < -0.3 is 15.4 Å². The second kappa shape index (κ2) is 6.52. The van der Waals surface area contributed by atoms with Crippen LogP contribution in [0.2, 0.25) is 0 Å². The molecule has 0 amide bonds. The molecule has 4 nitrogen and oxygen atoms in total. The highest BCUT2D eigenvalue weighted by molar-refractivity contribution is 7.80. The minimum atomic E-state index is 0.345. The van der Waals surface area contributed by atoms with E-state index in [0.29, 0.717) is 11.2 Å². The third kappa shape index (κ3) is 3.17. The molecular formula is C15H19N3OS. The van der Waals surface area contributed by atoms with Crippen molar-refractivity contribution in [1.82, 2.24) is 10.3 Å². The Bertz CT molecular complexity index is 615. The number of anilines is 1. The number of pyridine rings is 1. The van der Waals surface area contributed by atoms with E-state index in [1.54, 1.807) is 13.3 Å². The zero-order chi connectivity index (χ0) is 14.5. The van der Waals surface area contributed by atoms with Crippen LogP contribution in [0.1, 0.15) is 20.3 Å². The molecule has 5 heteroatoms. The first kappa shape index (κ1) is 14.5. The second-order valence-corrected chi connectivity index (χ2v) is 5.03. The minimum Gasteiger partial charge on any atom is -0.494 e. The van der Waals surface area contributed by atoms with Crippen molar-refractivity contribution in [3.05, 3.63) is 30.5 Å². The Hall–Kier alpha value is -1.88. The average Bonchev–Trinajstić information content (AvgIpc) is 2.47. The van der Waals surface area contributed by atoms with Gasteiger partial charge in [-0.25, -0.2) is 0 Å². The molecule has 0 radical (unpaired) electrons. The highest BCUT2D eigenvalue weighted by Gasteiger charge is 2.09. The van der Waals surface area contributed by atoms with E-state index in [0.717, 1.165) is 28.8 Å². The van der Waals surface area contributed by atoms with Gasteiger partial charge in [0.15, 0.2) is 5.11 Å². The number of ether oxygens (including phenoxy) is 1. The summed E-state index contributed by atoms with van der Waals surface area (Å²) < 4.78 is 5.33. The fraction of sp³-hybridized carbons (Fsp3) is 0.333. The predicted molar refractivity (Wildman–Crippen MR) is 87.4 cm³/mol. The molecule has 0 spiro atoms. The number of methoxy groups -OCH3 is 1. The minimum absolute atomic E-state index is 0.345. The maximum atomic E-state index is 5.33. The number of nitrogens with zero attached hydrogens (tertiary/aromatic N) is 1. The number of hydrogen-bond acceptors (Lipinski definition) is 3. The number of hydrogen-bond donors (Lipinski definition) is 2. The second-order valence-electron chi connectivity index (χ2n) is 4.62. The lowest BCUT2D eigenvalue weighted by Gasteiger charge is -2.17. The number of aromatic nitrogens is 1. The molecular weight excluding hydrogens is 270 g/mol. The molecule has 0 fully saturated rings. The maximum Gasteiger partial charge on any atom is 0.171 e. The molecule has 0 saturated carbocycles. The van der Waals surface area contributed by atoms with Crippen LogP contribution in [-0.4, -0.2) is 23.2 Å². The van der Waals surface area contributed by atoms with Crippen LogP contribution in [-0.2, 0) is 0 Å². The quantitative estimate of drug-likeness (QED) is 0.845. The first-order chi connectivity index (χ1) is 9.65. The van der Waals surface area contributed by atoms with Crippen molar-refractivity contribution < 1.29 is 4.74 Å². The molecule has 2 rings (SSSR count). The molecule has 1 heterocycles. The van der Waals surface area contributed by atoms with Gasteiger partial charge in [-0.15, -0.1) is 0 Å². The van der Waals surface area contributed by atoms with Crippen LogP contribution >= 0.6 is 12.2 Å². The molecule has 2 N–H and O–H groups in total. The van der Waals surface area contributed by atoms with Crippen LogP contribution in [0.25, 0.3) is 10.9 Å². The molecule has 1 aromatic heterocycles. The molecule has 0 aliphatic rings. The van der Waals surface area contributed by atoms with Crippen molar-refractivity contribution in [3.8, 4) is 5.75 Å². The first-order valence-electron chi connectivity index (χ1n) is 6.65. The van der Waals surface area contributed by atoms with Crippen molar-refractivity contribution >= 4 is 33.9 Å². The zero-order valence-electron chi connectivity index (χ0n) is 11.9. The standard InChI is InChI=1S/C15H19N3OS/c1-4-10(2)17-15(20)18-12-7-8-13(19-3)14-11(12)6-5-9-16-14/h5-10H,4H2,1-3H3,(H2,17,18,20)/t10-/m0/s1. The normalized spacial score (nSPS) is 11.9. The number of fused-ring (bicyclic) bond motifs is 1. The fourth-order valence-corrected chi connectivity index (χ4v) is 2.22. The molecule has 20 heavy (non-hydrogen) atoms. The molecule has 106 valence electrons. The van der Waals surface area contributed by atoms with Gasteiger partial charge in [0.05, 0.1) is 7.11 Å². The summed E-state index contributed by atoms with van der Waals surface area (Å²) in [5.41, 5.74) is 1.75.